The smallest absolute Gasteiger partial charge is 0.246 e. The topological polar surface area (TPSA) is 61.8 Å². The van der Waals surface area contributed by atoms with E-state index in [0.29, 0.717) is 19.5 Å². The van der Waals surface area contributed by atoms with Gasteiger partial charge < -0.3 is 24.2 Å². The molecule has 1 amide bonds. The van der Waals surface area contributed by atoms with Gasteiger partial charge in [-0.1, -0.05) is 19.1 Å². The Balaban J connectivity index is 1.65. The molecule has 0 unspecified atom stereocenters. The summed E-state index contributed by atoms with van der Waals surface area (Å²) in [4.78, 5) is 14.0. The molecule has 2 aliphatic rings. The molecule has 0 aliphatic carbocycles. The monoisotopic (exact) mass is 408 g/mol. The Morgan fingerprint density at radius 1 is 1.32 bits per heavy atom. The van der Waals surface area contributed by atoms with Crippen LogP contribution in [0.5, 0.6) is 0 Å². The van der Waals surface area contributed by atoms with Crippen LogP contribution in [-0.2, 0) is 16.0 Å². The largest absolute Gasteiger partial charge is 0.396 e. The van der Waals surface area contributed by atoms with Crippen molar-refractivity contribution < 1.29 is 18.7 Å². The molecule has 2 saturated heterocycles. The van der Waals surface area contributed by atoms with Crippen molar-refractivity contribution >= 4 is 20.0 Å². The first-order valence-electron chi connectivity index (χ1n) is 10.4. The summed E-state index contributed by atoms with van der Waals surface area (Å²) in [7, 11) is -2.86. The van der Waals surface area contributed by atoms with Crippen molar-refractivity contribution in [2.45, 2.75) is 57.0 Å². The third-order valence-electron chi connectivity index (χ3n) is 6.14. The standard InChI is InChI=1S/C21H33FN2O3Si/c1-15-18(27-19(9-12-25)21(15)28(2,3)22)8-7-16-5-4-6-17(13-16)24-11-10-23-14-20(24)26/h4-6,13,15,18-19,21,23,25H,7-12,14H2,1-3H3/t15-,18+,19-,21+/m1/s1. The second-order valence-corrected chi connectivity index (χ2v) is 12.4. The van der Waals surface area contributed by atoms with E-state index in [0.717, 1.165) is 25.1 Å². The summed E-state index contributed by atoms with van der Waals surface area (Å²) in [6, 6.07) is 8.13. The number of aryl methyl sites for hydroxylation is 1. The lowest BCUT2D eigenvalue weighted by molar-refractivity contribution is -0.118. The van der Waals surface area contributed by atoms with Crippen molar-refractivity contribution in [3.8, 4) is 0 Å². The Morgan fingerprint density at radius 3 is 2.79 bits per heavy atom. The van der Waals surface area contributed by atoms with Gasteiger partial charge in [0.05, 0.1) is 18.8 Å². The summed E-state index contributed by atoms with van der Waals surface area (Å²) in [5, 5.41) is 12.4. The van der Waals surface area contributed by atoms with Crippen LogP contribution in [0.25, 0.3) is 0 Å². The number of hydrogen-bond acceptors (Lipinski definition) is 4. The molecule has 0 spiro atoms. The van der Waals surface area contributed by atoms with Crippen LogP contribution in [0.1, 0.15) is 25.3 Å². The van der Waals surface area contributed by atoms with E-state index < -0.39 is 8.41 Å². The number of anilines is 1. The molecule has 3 rings (SSSR count). The van der Waals surface area contributed by atoms with Gasteiger partial charge >= 0.3 is 0 Å². The first-order valence-corrected chi connectivity index (χ1v) is 13.3. The van der Waals surface area contributed by atoms with Crippen molar-refractivity contribution in [2.24, 2.45) is 5.92 Å². The van der Waals surface area contributed by atoms with Crippen LogP contribution in [0.4, 0.5) is 9.80 Å². The highest BCUT2D eigenvalue weighted by Gasteiger charge is 2.50. The third-order valence-corrected chi connectivity index (χ3v) is 8.62. The number of benzene rings is 1. The van der Waals surface area contributed by atoms with E-state index in [2.05, 4.69) is 24.4 Å². The van der Waals surface area contributed by atoms with E-state index in [-0.39, 0.29) is 36.2 Å². The number of halogens is 1. The Morgan fingerprint density at radius 2 is 2.11 bits per heavy atom. The third kappa shape index (κ3) is 4.82. The number of aliphatic hydroxyl groups excluding tert-OH is 1. The molecular formula is C21H33FN2O3Si. The van der Waals surface area contributed by atoms with Gasteiger partial charge in [0, 0.05) is 30.9 Å². The quantitative estimate of drug-likeness (QED) is 0.538. The minimum absolute atomic E-state index is 0.00792. The number of aliphatic hydroxyl groups is 1. The molecule has 1 aromatic carbocycles. The SMILES string of the molecule is C[C@H]1[C@H]([Si](C)(C)F)[C@@H](CCO)O[C@H]1CCc1cccc(N2CCNCC2=O)c1. The number of carbonyl (C=O) groups excluding carboxylic acids is 1. The molecule has 2 heterocycles. The van der Waals surface area contributed by atoms with E-state index in [9.17, 15) is 14.0 Å². The highest BCUT2D eigenvalue weighted by Crippen LogP contribution is 2.46. The molecule has 4 atom stereocenters. The molecule has 0 aromatic heterocycles. The van der Waals surface area contributed by atoms with Crippen molar-refractivity contribution in [3.05, 3.63) is 29.8 Å². The zero-order chi connectivity index (χ0) is 20.3. The molecule has 2 fully saturated rings. The van der Waals surface area contributed by atoms with Crippen LogP contribution in [0, 0.1) is 5.92 Å². The minimum Gasteiger partial charge on any atom is -0.396 e. The first kappa shape index (κ1) is 21.4. The fraction of sp³-hybridized carbons (Fsp3) is 0.667. The zero-order valence-corrected chi connectivity index (χ0v) is 18.2. The van der Waals surface area contributed by atoms with Crippen LogP contribution in [0.2, 0.25) is 18.6 Å². The van der Waals surface area contributed by atoms with Crippen molar-refractivity contribution in [1.29, 1.82) is 0 Å². The summed E-state index contributed by atoms with van der Waals surface area (Å²) in [5.41, 5.74) is 2.03. The van der Waals surface area contributed by atoms with Gasteiger partial charge in [0.15, 0.2) is 0 Å². The lowest BCUT2D eigenvalue weighted by Gasteiger charge is -2.28. The van der Waals surface area contributed by atoms with E-state index in [1.54, 1.807) is 13.1 Å². The lowest BCUT2D eigenvalue weighted by atomic mass is 9.95. The van der Waals surface area contributed by atoms with Crippen LogP contribution in [0.15, 0.2) is 24.3 Å². The Labute approximate surface area is 168 Å². The predicted molar refractivity (Wildman–Crippen MR) is 112 cm³/mol. The maximum absolute atomic E-state index is 14.9. The Hall–Kier alpha value is -1.28. The maximum Gasteiger partial charge on any atom is 0.246 e. The highest BCUT2D eigenvalue weighted by atomic mass is 28.4. The highest BCUT2D eigenvalue weighted by molar-refractivity contribution is 6.72. The zero-order valence-electron chi connectivity index (χ0n) is 17.2. The summed E-state index contributed by atoms with van der Waals surface area (Å²) in [5.74, 6) is 0.252. The number of piperazine rings is 1. The summed E-state index contributed by atoms with van der Waals surface area (Å²) >= 11 is 0. The normalized spacial score (nSPS) is 28.8. The summed E-state index contributed by atoms with van der Waals surface area (Å²) in [6.07, 6.45) is 1.99. The number of carbonyl (C=O) groups is 1. The average Bonchev–Trinajstić information content (AvgIpc) is 2.96. The summed E-state index contributed by atoms with van der Waals surface area (Å²) < 4.78 is 21.1. The lowest BCUT2D eigenvalue weighted by Crippen LogP contribution is -2.48. The van der Waals surface area contributed by atoms with Crippen molar-refractivity contribution in [3.63, 3.8) is 0 Å². The molecule has 7 heteroatoms. The molecule has 0 bridgehead atoms. The predicted octanol–water partition coefficient (Wildman–Crippen LogP) is 2.89. The van der Waals surface area contributed by atoms with E-state index in [4.69, 9.17) is 4.74 Å². The average molecular weight is 409 g/mol. The molecule has 5 nitrogen and oxygen atoms in total. The molecule has 1 aromatic rings. The van der Waals surface area contributed by atoms with Gasteiger partial charge in [0.2, 0.25) is 14.3 Å². The van der Waals surface area contributed by atoms with Crippen molar-refractivity contribution in [2.75, 3.05) is 31.1 Å². The first-order chi connectivity index (χ1) is 13.3. The Bertz CT molecular complexity index is 682. The molecule has 2 N–H and O–H groups in total. The van der Waals surface area contributed by atoms with Gasteiger partial charge in [-0.2, -0.15) is 0 Å². The number of ether oxygens (including phenoxy) is 1. The number of nitrogens with one attached hydrogen (secondary N) is 1. The fourth-order valence-corrected chi connectivity index (χ4v) is 7.44. The second-order valence-electron chi connectivity index (χ2n) is 8.61. The van der Waals surface area contributed by atoms with Gasteiger partial charge in [0.25, 0.3) is 0 Å². The second kappa shape index (κ2) is 9.03. The van der Waals surface area contributed by atoms with E-state index >= 15 is 0 Å². The summed E-state index contributed by atoms with van der Waals surface area (Å²) in [6.45, 7) is 7.50. The fourth-order valence-electron chi connectivity index (χ4n) is 4.84. The van der Waals surface area contributed by atoms with Crippen molar-refractivity contribution in [1.82, 2.24) is 5.32 Å². The Kier molecular flexibility index (Phi) is 6.91. The van der Waals surface area contributed by atoms with Gasteiger partial charge in [0.1, 0.15) is 0 Å². The minimum atomic E-state index is -2.86. The van der Waals surface area contributed by atoms with Crippen LogP contribution in [0.3, 0.4) is 0 Å². The maximum atomic E-state index is 14.9. The number of amides is 1. The molecule has 28 heavy (non-hydrogen) atoms. The van der Waals surface area contributed by atoms with Crippen LogP contribution >= 0.6 is 0 Å². The van der Waals surface area contributed by atoms with E-state index in [1.165, 1.54) is 5.56 Å². The molecule has 0 radical (unpaired) electrons. The van der Waals surface area contributed by atoms with E-state index in [1.807, 2.05) is 17.0 Å². The molecular weight excluding hydrogens is 375 g/mol. The van der Waals surface area contributed by atoms with Crippen LogP contribution in [-0.4, -0.2) is 57.9 Å². The van der Waals surface area contributed by atoms with Gasteiger partial charge in [-0.15, -0.1) is 0 Å². The van der Waals surface area contributed by atoms with Gasteiger partial charge in [-0.25, -0.2) is 0 Å². The molecule has 0 saturated carbocycles. The molecule has 156 valence electrons. The molecule has 2 aliphatic heterocycles. The van der Waals surface area contributed by atoms with Crippen LogP contribution < -0.4 is 10.2 Å². The van der Waals surface area contributed by atoms with Gasteiger partial charge in [-0.05, 0) is 56.0 Å². The van der Waals surface area contributed by atoms with Gasteiger partial charge in [-0.3, -0.25) is 4.79 Å². The number of hydrogen-bond donors (Lipinski definition) is 2. The number of rotatable bonds is 7. The number of nitrogens with zero attached hydrogens (tertiary/aromatic N) is 1.